The van der Waals surface area contributed by atoms with Crippen LogP contribution in [0.3, 0.4) is 0 Å². The molecule has 17 heavy (non-hydrogen) atoms. The zero-order valence-corrected chi connectivity index (χ0v) is 10.0. The number of likely N-dealkylation sites (N-methyl/N-ethyl adjacent to an activating group) is 1. The Bertz CT molecular complexity index is 311. The Morgan fingerprint density at radius 2 is 1.76 bits per heavy atom. The van der Waals surface area contributed by atoms with Gasteiger partial charge in [0.1, 0.15) is 0 Å². The average molecular weight is 242 g/mol. The lowest BCUT2D eigenvalue weighted by Crippen LogP contribution is -2.39. The van der Waals surface area contributed by atoms with Gasteiger partial charge >= 0.3 is 5.97 Å². The summed E-state index contributed by atoms with van der Waals surface area (Å²) < 4.78 is 0. The van der Waals surface area contributed by atoms with E-state index in [0.717, 1.165) is 25.9 Å². The Balaban J connectivity index is 2.31. The summed E-state index contributed by atoms with van der Waals surface area (Å²) in [6.07, 6.45) is 1.78. The van der Waals surface area contributed by atoms with E-state index < -0.39 is 5.97 Å². The highest BCUT2D eigenvalue weighted by molar-refractivity contribution is 5.86. The van der Waals surface area contributed by atoms with Crippen molar-refractivity contribution in [2.75, 3.05) is 26.7 Å². The van der Waals surface area contributed by atoms with Crippen molar-refractivity contribution in [1.82, 2.24) is 9.80 Å². The van der Waals surface area contributed by atoms with E-state index in [1.165, 1.54) is 11.9 Å². The van der Waals surface area contributed by atoms with Gasteiger partial charge in [-0.1, -0.05) is 0 Å². The normalized spacial score (nSPS) is 14.8. The number of nitrogens with zero attached hydrogens (tertiary/aromatic N) is 2. The zero-order chi connectivity index (χ0) is 12.8. The molecule has 0 saturated carbocycles. The van der Waals surface area contributed by atoms with Crippen LogP contribution in [0.4, 0.5) is 0 Å². The lowest BCUT2D eigenvalue weighted by Gasteiger charge is -2.21. The molecule has 6 heteroatoms. The summed E-state index contributed by atoms with van der Waals surface area (Å²) in [5, 5.41) is 8.45. The van der Waals surface area contributed by atoms with Crippen molar-refractivity contribution < 1.29 is 19.5 Å². The topological polar surface area (TPSA) is 77.9 Å². The standard InChI is InChI=1S/C11H18N2O4/c1-12(9(14)4-5-11(16)17)8-10(15)13-6-2-3-7-13/h2-8H2,1H3,(H,16,17). The van der Waals surface area contributed by atoms with Crippen LogP contribution in [-0.2, 0) is 14.4 Å². The smallest absolute Gasteiger partial charge is 0.303 e. The van der Waals surface area contributed by atoms with E-state index in [1.54, 1.807) is 4.90 Å². The second-order valence-electron chi connectivity index (χ2n) is 4.23. The monoisotopic (exact) mass is 242 g/mol. The van der Waals surface area contributed by atoms with Crippen molar-refractivity contribution in [3.63, 3.8) is 0 Å². The van der Waals surface area contributed by atoms with Gasteiger partial charge in [0, 0.05) is 26.6 Å². The fraction of sp³-hybridized carbons (Fsp3) is 0.727. The molecule has 1 fully saturated rings. The van der Waals surface area contributed by atoms with Crippen LogP contribution in [0.1, 0.15) is 25.7 Å². The van der Waals surface area contributed by atoms with E-state index >= 15 is 0 Å². The van der Waals surface area contributed by atoms with Crippen molar-refractivity contribution in [1.29, 1.82) is 0 Å². The molecule has 0 bridgehead atoms. The molecule has 1 saturated heterocycles. The molecule has 2 amide bonds. The van der Waals surface area contributed by atoms with Crippen molar-refractivity contribution in [3.05, 3.63) is 0 Å². The second kappa shape index (κ2) is 6.22. The lowest BCUT2D eigenvalue weighted by molar-refractivity contribution is -0.142. The highest BCUT2D eigenvalue weighted by Crippen LogP contribution is 2.08. The molecule has 0 atom stereocenters. The van der Waals surface area contributed by atoms with E-state index in [4.69, 9.17) is 5.11 Å². The Morgan fingerprint density at radius 1 is 1.18 bits per heavy atom. The van der Waals surface area contributed by atoms with Crippen LogP contribution in [0, 0.1) is 0 Å². The first kappa shape index (κ1) is 13.5. The number of rotatable bonds is 5. The van der Waals surface area contributed by atoms with Crippen LogP contribution >= 0.6 is 0 Å². The fourth-order valence-electron chi connectivity index (χ4n) is 1.76. The van der Waals surface area contributed by atoms with Gasteiger partial charge in [-0.25, -0.2) is 0 Å². The molecule has 0 aromatic heterocycles. The highest BCUT2D eigenvalue weighted by Gasteiger charge is 2.21. The van der Waals surface area contributed by atoms with Crippen molar-refractivity contribution >= 4 is 17.8 Å². The molecule has 96 valence electrons. The van der Waals surface area contributed by atoms with Crippen LogP contribution in [0.2, 0.25) is 0 Å². The predicted octanol–water partition coefficient (Wildman–Crippen LogP) is -0.0680. The minimum Gasteiger partial charge on any atom is -0.481 e. The van der Waals surface area contributed by atoms with E-state index in [9.17, 15) is 14.4 Å². The Labute approximate surface area is 100 Å². The van der Waals surface area contributed by atoms with Gasteiger partial charge < -0.3 is 14.9 Å². The van der Waals surface area contributed by atoms with Crippen LogP contribution in [0.5, 0.6) is 0 Å². The van der Waals surface area contributed by atoms with E-state index in [-0.39, 0.29) is 31.2 Å². The highest BCUT2D eigenvalue weighted by atomic mass is 16.4. The molecule has 1 N–H and O–H groups in total. The lowest BCUT2D eigenvalue weighted by atomic mass is 10.3. The molecule has 0 spiro atoms. The summed E-state index contributed by atoms with van der Waals surface area (Å²) in [7, 11) is 1.53. The number of carbonyl (C=O) groups excluding carboxylic acids is 2. The molecule has 0 aromatic rings. The molecule has 1 aliphatic heterocycles. The van der Waals surface area contributed by atoms with Crippen LogP contribution in [0.15, 0.2) is 0 Å². The summed E-state index contributed by atoms with van der Waals surface area (Å²) in [6.45, 7) is 1.56. The van der Waals surface area contributed by atoms with Gasteiger partial charge in [-0.2, -0.15) is 0 Å². The first-order valence-electron chi connectivity index (χ1n) is 5.74. The van der Waals surface area contributed by atoms with Gasteiger partial charge in [0.05, 0.1) is 13.0 Å². The SMILES string of the molecule is CN(CC(=O)N1CCCC1)C(=O)CCC(=O)O. The second-order valence-corrected chi connectivity index (χ2v) is 4.23. The van der Waals surface area contributed by atoms with E-state index in [1.807, 2.05) is 0 Å². The molecule has 0 unspecified atom stereocenters. The number of hydrogen-bond donors (Lipinski definition) is 1. The van der Waals surface area contributed by atoms with Crippen molar-refractivity contribution in [2.45, 2.75) is 25.7 Å². The van der Waals surface area contributed by atoms with Crippen LogP contribution in [0.25, 0.3) is 0 Å². The van der Waals surface area contributed by atoms with Gasteiger partial charge in [0.15, 0.2) is 0 Å². The van der Waals surface area contributed by atoms with Crippen LogP contribution < -0.4 is 0 Å². The van der Waals surface area contributed by atoms with E-state index in [2.05, 4.69) is 0 Å². The molecular weight excluding hydrogens is 224 g/mol. The quantitative estimate of drug-likeness (QED) is 0.732. The zero-order valence-electron chi connectivity index (χ0n) is 10.0. The maximum absolute atomic E-state index is 11.7. The van der Waals surface area contributed by atoms with Crippen molar-refractivity contribution in [2.24, 2.45) is 0 Å². The summed E-state index contributed by atoms with van der Waals surface area (Å²) in [4.78, 5) is 36.5. The van der Waals surface area contributed by atoms with E-state index in [0.29, 0.717) is 0 Å². The molecule has 0 radical (unpaired) electrons. The molecule has 1 rings (SSSR count). The van der Waals surface area contributed by atoms with Gasteiger partial charge in [-0.05, 0) is 12.8 Å². The number of carbonyl (C=O) groups is 3. The first-order chi connectivity index (χ1) is 8.00. The third kappa shape index (κ3) is 4.42. The Hall–Kier alpha value is -1.59. The molecule has 0 aliphatic carbocycles. The average Bonchev–Trinajstić information content (AvgIpc) is 2.78. The fourth-order valence-corrected chi connectivity index (χ4v) is 1.76. The molecular formula is C11H18N2O4. The van der Waals surface area contributed by atoms with Gasteiger partial charge in [-0.3, -0.25) is 14.4 Å². The summed E-state index contributed by atoms with van der Waals surface area (Å²) >= 11 is 0. The molecule has 1 heterocycles. The van der Waals surface area contributed by atoms with Gasteiger partial charge in [0.2, 0.25) is 11.8 Å². The largest absolute Gasteiger partial charge is 0.481 e. The molecule has 6 nitrogen and oxygen atoms in total. The number of amides is 2. The van der Waals surface area contributed by atoms with Crippen LogP contribution in [-0.4, -0.2) is 59.4 Å². The predicted molar refractivity (Wildman–Crippen MR) is 60.3 cm³/mol. The summed E-state index contributed by atoms with van der Waals surface area (Å²) in [5.74, 6) is -1.37. The summed E-state index contributed by atoms with van der Waals surface area (Å²) in [5.41, 5.74) is 0. The van der Waals surface area contributed by atoms with Gasteiger partial charge in [-0.15, -0.1) is 0 Å². The molecule has 0 aromatic carbocycles. The minimum atomic E-state index is -1.00. The minimum absolute atomic E-state index is 0.0401. The maximum atomic E-state index is 11.7. The number of likely N-dealkylation sites (tertiary alicyclic amines) is 1. The third-order valence-corrected chi connectivity index (χ3v) is 2.81. The van der Waals surface area contributed by atoms with Gasteiger partial charge in [0.25, 0.3) is 0 Å². The first-order valence-corrected chi connectivity index (χ1v) is 5.74. The Morgan fingerprint density at radius 3 is 2.29 bits per heavy atom. The number of hydrogen-bond acceptors (Lipinski definition) is 3. The van der Waals surface area contributed by atoms with Crippen molar-refractivity contribution in [3.8, 4) is 0 Å². The number of carboxylic acids is 1. The number of carboxylic acid groups (broad SMARTS) is 1. The molecule has 1 aliphatic rings. The Kier molecular flexibility index (Phi) is 4.93. The summed E-state index contributed by atoms with van der Waals surface area (Å²) in [6, 6.07) is 0. The third-order valence-electron chi connectivity index (χ3n) is 2.81. The number of aliphatic carboxylic acids is 1. The maximum Gasteiger partial charge on any atom is 0.303 e.